The predicted molar refractivity (Wildman–Crippen MR) is 272 cm³/mol. The topological polar surface area (TPSA) is 975 Å². The van der Waals surface area contributed by atoms with Gasteiger partial charge in [0.2, 0.25) is 0 Å². The summed E-state index contributed by atoms with van der Waals surface area (Å²) >= 11 is 0. The van der Waals surface area contributed by atoms with Crippen molar-refractivity contribution in [2.45, 2.75) is 171 Å². The molecular weight excluding hydrogens is 1330 g/mol. The molecule has 28 atom stereocenters. The second-order valence-electron chi connectivity index (χ2n) is 17.6. The largest absolute Gasteiger partial charge is 2.00 e. The molecule has 0 bridgehead atoms. The van der Waals surface area contributed by atoms with Gasteiger partial charge in [-0.15, -0.1) is 0 Å². The van der Waals surface area contributed by atoms with Crippen LogP contribution in [0.25, 0.3) is 0 Å². The quantitative estimate of drug-likeness (QED) is 0.0262. The fraction of sp³-hybridized carbons (Fsp3) is 0.833. The van der Waals surface area contributed by atoms with Gasteiger partial charge in [0, 0.05) is 0 Å². The monoisotopic (exact) mass is 1410 g/mol. The molecule has 0 aromatic carbocycles. The molecule has 0 rings (SSSR count). The second-order valence-corrected chi connectivity index (χ2v) is 17.6. The number of carboxylic acid groups (broad SMARTS) is 7. The van der Waals surface area contributed by atoms with E-state index >= 15 is 0 Å². The fourth-order valence-electron chi connectivity index (χ4n) is 4.67. The first-order valence-corrected chi connectivity index (χ1v) is 24.3. The number of aliphatic carboxylic acids is 7. The minimum absolute atomic E-state index is 0. The third kappa shape index (κ3) is 41.9. The molecule has 546 valence electrons. The molecule has 92 heavy (non-hydrogen) atoms. The summed E-state index contributed by atoms with van der Waals surface area (Å²) in [5.41, 5.74) is 0. The number of hydrogen-bond acceptors (Lipinski definition) is 44. The van der Waals surface area contributed by atoms with Crippen LogP contribution in [0.1, 0.15) is 0 Å². The number of carboxylic acids is 7. The van der Waals surface area contributed by atoms with Crippen LogP contribution in [0.3, 0.4) is 0 Å². The molecule has 40 N–H and O–H groups in total. The first-order valence-electron chi connectivity index (χ1n) is 24.3. The van der Waals surface area contributed by atoms with Crippen molar-refractivity contribution in [1.82, 2.24) is 0 Å². The van der Waals surface area contributed by atoms with E-state index in [0.717, 1.165) is 0 Å². The van der Waals surface area contributed by atoms with Gasteiger partial charge in [-0.05, 0) is 0 Å². The third-order valence-corrected chi connectivity index (χ3v) is 10.5. The summed E-state index contributed by atoms with van der Waals surface area (Å²) in [6, 6.07) is 0. The van der Waals surface area contributed by atoms with Gasteiger partial charge in [-0.25, -0.2) is 24.0 Å². The Balaban J connectivity index is -0.000000149. The molecule has 0 aromatic rings. The van der Waals surface area contributed by atoms with Crippen molar-refractivity contribution in [3.63, 3.8) is 0 Å². The van der Waals surface area contributed by atoms with E-state index in [1.165, 1.54) is 0 Å². The minimum atomic E-state index is -2.31. The zero-order chi connectivity index (χ0) is 74.2. The summed E-state index contributed by atoms with van der Waals surface area (Å²) in [6.45, 7) is -5.94. The second kappa shape index (κ2) is 55.3. The minimum Gasteiger partial charge on any atom is -0.547 e. The fourth-order valence-corrected chi connectivity index (χ4v) is 4.67. The van der Waals surface area contributed by atoms with Crippen molar-refractivity contribution in [3.8, 4) is 0 Å². The molecule has 0 aliphatic rings. The molecule has 49 nitrogen and oxygen atoms in total. The molecule has 0 spiro atoms. The van der Waals surface area contributed by atoms with Crippen LogP contribution in [-0.4, -0.2) is 501 Å². The van der Waals surface area contributed by atoms with Crippen LogP contribution < -0.4 is 10.2 Å². The van der Waals surface area contributed by atoms with Gasteiger partial charge in [0.15, 0.2) is 30.5 Å². The van der Waals surface area contributed by atoms with Gasteiger partial charge < -0.3 is 224 Å². The molecule has 0 unspecified atom stereocenters. The van der Waals surface area contributed by atoms with Crippen LogP contribution in [0.4, 0.5) is 0 Å². The average molecular weight is 1410 g/mol. The molecule has 0 heterocycles. The normalized spacial score (nSPS) is 20.2. The van der Waals surface area contributed by atoms with Gasteiger partial charge in [0.25, 0.3) is 0 Å². The Morgan fingerprint density at radius 1 is 0.196 bits per heavy atom. The first kappa shape index (κ1) is 104. The zero-order valence-corrected chi connectivity index (χ0v) is 49.1. The Kier molecular flexibility index (Phi) is 62.6. The number of carbonyl (C=O) groups excluding carboxylic acids is 2. The van der Waals surface area contributed by atoms with E-state index in [-0.39, 0.29) is 37.7 Å². The standard InChI is InChI=1S/7C6H12O7.Ca/c7*7-1-2(8)3(9)4(10)5(11)6(12)13;/h7*2-5,7-11H,1H2,(H,12,13);/q;;;;;;;+2/p-2/t7*2-,3-,4+,5-;/m1111111./s1. The Morgan fingerprint density at radius 2 is 0.283 bits per heavy atom. The van der Waals surface area contributed by atoms with Crippen molar-refractivity contribution in [3.05, 3.63) is 0 Å². The summed E-state index contributed by atoms with van der Waals surface area (Å²) in [5, 5.41) is 366. The van der Waals surface area contributed by atoms with Crippen LogP contribution in [0, 0.1) is 0 Å². The Bertz CT molecular complexity index is 1570. The van der Waals surface area contributed by atoms with E-state index in [9.17, 15) is 43.8 Å². The Morgan fingerprint density at radius 3 is 0.348 bits per heavy atom. The molecule has 0 saturated heterocycles. The van der Waals surface area contributed by atoms with Gasteiger partial charge >= 0.3 is 67.6 Å². The van der Waals surface area contributed by atoms with Gasteiger partial charge in [0.05, 0.1) is 58.2 Å². The molecule has 0 radical (unpaired) electrons. The van der Waals surface area contributed by atoms with Crippen LogP contribution in [0.5, 0.6) is 0 Å². The SMILES string of the molecule is O=C(O)[C@H](O)[C@@H](O)[C@H](O)[C@H](O)CO.O=C(O)[C@H](O)[C@@H](O)[C@H](O)[C@H](O)CO.O=C(O)[C@H](O)[C@@H](O)[C@H](O)[C@H](O)CO.O=C(O)[C@H](O)[C@@H](O)[C@H](O)[C@H](O)CO.O=C(O)[C@H](O)[C@@H](O)[C@H](O)[C@H](O)CO.O=C([O-])[C@H](O)[C@@H](O)[C@H](O)[C@H](O)CO.O=C([O-])[C@H](O)[C@@H](O)[C@H](O)[C@H](O)CO.[Ca+2]. The van der Waals surface area contributed by atoms with Crippen LogP contribution in [0.2, 0.25) is 0 Å². The summed E-state index contributed by atoms with van der Waals surface area (Å²) in [6.07, 6.45) is -55.3. The van der Waals surface area contributed by atoms with Crippen molar-refractivity contribution in [2.24, 2.45) is 0 Å². The van der Waals surface area contributed by atoms with Crippen molar-refractivity contribution in [1.29, 1.82) is 0 Å². The molecule has 0 fully saturated rings. The number of carbonyl (C=O) groups is 7. The van der Waals surface area contributed by atoms with Crippen LogP contribution in [-0.2, 0) is 33.6 Å². The molecular formula is C42H82CaO49. The van der Waals surface area contributed by atoms with E-state index in [4.69, 9.17) is 204 Å². The maximum Gasteiger partial charge on any atom is 2.00 e. The smallest absolute Gasteiger partial charge is 0.547 e. The van der Waals surface area contributed by atoms with E-state index in [2.05, 4.69) is 0 Å². The van der Waals surface area contributed by atoms with Crippen LogP contribution in [0.15, 0.2) is 0 Å². The molecule has 0 aliphatic heterocycles. The van der Waals surface area contributed by atoms with Crippen molar-refractivity contribution in [2.75, 3.05) is 46.2 Å². The Hall–Kier alpha value is -3.85. The summed E-state index contributed by atoms with van der Waals surface area (Å²) in [7, 11) is 0. The van der Waals surface area contributed by atoms with Gasteiger partial charge in [0.1, 0.15) is 140 Å². The Labute approximate surface area is 542 Å². The number of aliphatic hydroxyl groups is 35. The third-order valence-electron chi connectivity index (χ3n) is 10.5. The van der Waals surface area contributed by atoms with Crippen molar-refractivity contribution >= 4 is 79.5 Å². The van der Waals surface area contributed by atoms with Crippen molar-refractivity contribution < 1.29 is 248 Å². The van der Waals surface area contributed by atoms with Gasteiger partial charge in [-0.2, -0.15) is 0 Å². The molecule has 0 amide bonds. The zero-order valence-electron chi connectivity index (χ0n) is 46.9. The number of hydrogen-bond donors (Lipinski definition) is 40. The maximum atomic E-state index is 10.1. The summed E-state index contributed by atoms with van der Waals surface area (Å²) < 4.78 is 0. The predicted octanol–water partition coefficient (Wildman–Crippen LogP) is -27.5. The average Bonchev–Trinajstić information content (AvgIpc) is 2.31. The molecule has 0 saturated carbocycles. The molecule has 50 heteroatoms. The van der Waals surface area contributed by atoms with E-state index in [1.54, 1.807) is 0 Å². The van der Waals surface area contributed by atoms with E-state index in [1.807, 2.05) is 0 Å². The number of aliphatic hydroxyl groups excluding tert-OH is 35. The number of rotatable bonds is 35. The van der Waals surface area contributed by atoms with Crippen LogP contribution >= 0.6 is 0 Å². The van der Waals surface area contributed by atoms with Gasteiger partial charge in [-0.1, -0.05) is 0 Å². The first-order chi connectivity index (χ1) is 41.4. The van der Waals surface area contributed by atoms with E-state index < -0.39 is 259 Å². The summed E-state index contributed by atoms with van der Waals surface area (Å²) in [5.74, 6) is -12.6. The molecule has 0 aromatic heterocycles. The summed E-state index contributed by atoms with van der Waals surface area (Å²) in [4.78, 5) is 70.4. The van der Waals surface area contributed by atoms with Gasteiger partial charge in [-0.3, -0.25) is 0 Å². The maximum absolute atomic E-state index is 10.1. The van der Waals surface area contributed by atoms with E-state index in [0.29, 0.717) is 0 Å². The molecule has 0 aliphatic carbocycles.